The average molecular weight is 488 g/mol. The van der Waals surface area contributed by atoms with Crippen LogP contribution in [0, 0.1) is 11.8 Å². The molecule has 2 bridgehead atoms. The molecule has 3 heterocycles. The molecule has 0 radical (unpaired) electrons. The van der Waals surface area contributed by atoms with Gasteiger partial charge in [-0.05, 0) is 70.7 Å². The predicted octanol–water partition coefficient (Wildman–Crippen LogP) is 2.18. The number of aliphatic hydroxyl groups excluding tert-OH is 1. The fourth-order valence-corrected chi connectivity index (χ4v) is 6.15. The maximum absolute atomic E-state index is 13.7. The standard InChI is InChI=1S/C26H37N3O6/c1-4-28(5-2)18-11-9-17(10-12-18)27-23(31)22-26-14-13-19(35-26)20(25(33)34-6-3)21(26)24(32)29(22)15-7-8-16-30/h9-12,19-22,30H,4-8,13-16H2,1-3H3,(H,27,31)/t19-,20+,21+,22?,26?/m1/s1. The second-order valence-corrected chi connectivity index (χ2v) is 9.48. The van der Waals surface area contributed by atoms with Crippen LogP contribution >= 0.6 is 0 Å². The van der Waals surface area contributed by atoms with Gasteiger partial charge in [0.2, 0.25) is 11.8 Å². The highest BCUT2D eigenvalue weighted by atomic mass is 16.6. The van der Waals surface area contributed by atoms with Crippen molar-refractivity contribution in [3.63, 3.8) is 0 Å². The molecule has 9 heteroatoms. The number of aliphatic hydroxyl groups is 1. The summed E-state index contributed by atoms with van der Waals surface area (Å²) in [5.41, 5.74) is 0.676. The van der Waals surface area contributed by atoms with Crippen molar-refractivity contribution >= 4 is 29.2 Å². The Balaban J connectivity index is 1.60. The number of likely N-dealkylation sites (tertiary alicyclic amines) is 1. The number of anilines is 2. The monoisotopic (exact) mass is 487 g/mol. The van der Waals surface area contributed by atoms with Crippen LogP contribution in [0.4, 0.5) is 11.4 Å². The van der Waals surface area contributed by atoms with Crippen LogP contribution < -0.4 is 10.2 Å². The Morgan fingerprint density at radius 1 is 1.20 bits per heavy atom. The number of rotatable bonds is 11. The fourth-order valence-electron chi connectivity index (χ4n) is 6.15. The van der Waals surface area contributed by atoms with Crippen LogP contribution in [0.5, 0.6) is 0 Å². The highest BCUT2D eigenvalue weighted by molar-refractivity contribution is 6.03. The van der Waals surface area contributed by atoms with Crippen molar-refractivity contribution < 1.29 is 29.0 Å². The molecule has 2 N–H and O–H groups in total. The lowest BCUT2D eigenvalue weighted by Crippen LogP contribution is -2.53. The number of amides is 2. The number of nitrogens with zero attached hydrogens (tertiary/aromatic N) is 2. The van der Waals surface area contributed by atoms with Crippen LogP contribution in [-0.4, -0.2) is 78.4 Å². The van der Waals surface area contributed by atoms with E-state index in [9.17, 15) is 19.5 Å². The van der Waals surface area contributed by atoms with Gasteiger partial charge in [0, 0.05) is 37.6 Å². The number of carbonyl (C=O) groups is 3. The second kappa shape index (κ2) is 10.5. The van der Waals surface area contributed by atoms with Gasteiger partial charge in [-0.15, -0.1) is 0 Å². The summed E-state index contributed by atoms with van der Waals surface area (Å²) >= 11 is 0. The smallest absolute Gasteiger partial charge is 0.312 e. The van der Waals surface area contributed by atoms with E-state index in [1.165, 1.54) is 0 Å². The summed E-state index contributed by atoms with van der Waals surface area (Å²) in [6.07, 6.45) is 1.82. The lowest BCUT2D eigenvalue weighted by molar-refractivity contribution is -0.154. The molecule has 3 fully saturated rings. The normalized spacial score (nSPS) is 28.8. The van der Waals surface area contributed by atoms with Gasteiger partial charge in [-0.3, -0.25) is 14.4 Å². The molecule has 0 aliphatic carbocycles. The van der Waals surface area contributed by atoms with Crippen LogP contribution in [-0.2, 0) is 23.9 Å². The minimum Gasteiger partial charge on any atom is -0.466 e. The molecule has 3 aliphatic heterocycles. The molecule has 0 saturated carbocycles. The second-order valence-electron chi connectivity index (χ2n) is 9.48. The summed E-state index contributed by atoms with van der Waals surface area (Å²) in [7, 11) is 0. The van der Waals surface area contributed by atoms with Gasteiger partial charge in [-0.2, -0.15) is 0 Å². The van der Waals surface area contributed by atoms with Gasteiger partial charge in [0.15, 0.2) is 0 Å². The van der Waals surface area contributed by atoms with Crippen molar-refractivity contribution in [3.8, 4) is 0 Å². The molecule has 2 unspecified atom stereocenters. The topological polar surface area (TPSA) is 108 Å². The molecule has 1 aromatic rings. The Morgan fingerprint density at radius 3 is 2.54 bits per heavy atom. The molecule has 9 nitrogen and oxygen atoms in total. The van der Waals surface area contributed by atoms with Gasteiger partial charge in [-0.25, -0.2) is 0 Å². The van der Waals surface area contributed by atoms with E-state index in [0.717, 1.165) is 18.8 Å². The van der Waals surface area contributed by atoms with Gasteiger partial charge in [0.05, 0.1) is 24.5 Å². The maximum Gasteiger partial charge on any atom is 0.312 e. The van der Waals surface area contributed by atoms with E-state index in [1.807, 2.05) is 24.3 Å². The molecule has 5 atom stereocenters. The molecular formula is C26H37N3O6. The minimum absolute atomic E-state index is 0.0103. The summed E-state index contributed by atoms with van der Waals surface area (Å²) in [6, 6.07) is 6.82. The Labute approximate surface area is 206 Å². The van der Waals surface area contributed by atoms with E-state index in [0.29, 0.717) is 37.9 Å². The van der Waals surface area contributed by atoms with Crippen LogP contribution in [0.1, 0.15) is 46.5 Å². The zero-order valence-electron chi connectivity index (χ0n) is 20.9. The van der Waals surface area contributed by atoms with E-state index in [2.05, 4.69) is 24.1 Å². The van der Waals surface area contributed by atoms with E-state index < -0.39 is 35.6 Å². The van der Waals surface area contributed by atoms with Gasteiger partial charge in [0.25, 0.3) is 0 Å². The van der Waals surface area contributed by atoms with E-state index in [1.54, 1.807) is 11.8 Å². The molecule has 2 amide bonds. The maximum atomic E-state index is 13.7. The molecule has 3 saturated heterocycles. The zero-order chi connectivity index (χ0) is 25.2. The van der Waals surface area contributed by atoms with Crippen molar-refractivity contribution in [3.05, 3.63) is 24.3 Å². The van der Waals surface area contributed by atoms with E-state index in [-0.39, 0.29) is 25.0 Å². The molecule has 4 rings (SSSR count). The van der Waals surface area contributed by atoms with E-state index >= 15 is 0 Å². The number of hydrogen-bond acceptors (Lipinski definition) is 7. The number of nitrogens with one attached hydrogen (secondary N) is 1. The van der Waals surface area contributed by atoms with Crippen LogP contribution in [0.3, 0.4) is 0 Å². The van der Waals surface area contributed by atoms with E-state index in [4.69, 9.17) is 9.47 Å². The van der Waals surface area contributed by atoms with Crippen molar-refractivity contribution in [1.29, 1.82) is 0 Å². The van der Waals surface area contributed by atoms with Gasteiger partial charge in [0.1, 0.15) is 11.6 Å². The molecule has 1 aromatic carbocycles. The summed E-state index contributed by atoms with van der Waals surface area (Å²) in [5, 5.41) is 12.2. The van der Waals surface area contributed by atoms with Crippen LogP contribution in [0.25, 0.3) is 0 Å². The zero-order valence-corrected chi connectivity index (χ0v) is 20.9. The number of ether oxygens (including phenoxy) is 2. The third-order valence-electron chi connectivity index (χ3n) is 7.68. The number of esters is 1. The van der Waals surface area contributed by atoms with Crippen LogP contribution in [0.15, 0.2) is 24.3 Å². The Kier molecular flexibility index (Phi) is 7.66. The first-order valence-electron chi connectivity index (χ1n) is 12.8. The quantitative estimate of drug-likeness (QED) is 0.364. The van der Waals surface area contributed by atoms with Crippen molar-refractivity contribution in [2.75, 3.05) is 43.1 Å². The number of hydrogen-bond donors (Lipinski definition) is 2. The van der Waals surface area contributed by atoms with Crippen molar-refractivity contribution in [2.45, 2.75) is 64.2 Å². The number of fused-ring (bicyclic) bond motifs is 1. The summed E-state index contributed by atoms with van der Waals surface area (Å²) < 4.78 is 11.6. The van der Waals surface area contributed by atoms with Crippen LogP contribution in [0.2, 0.25) is 0 Å². The number of benzene rings is 1. The third kappa shape index (κ3) is 4.40. The first-order valence-corrected chi connectivity index (χ1v) is 12.8. The van der Waals surface area contributed by atoms with Gasteiger partial charge >= 0.3 is 5.97 Å². The molecular weight excluding hydrogens is 450 g/mol. The molecule has 0 aromatic heterocycles. The largest absolute Gasteiger partial charge is 0.466 e. The molecule has 192 valence electrons. The SMILES string of the molecule is CCOC(=O)[C@@H]1[C@H]2C(=O)N(CCCCO)C(C(=O)Nc3ccc(N(CC)CC)cc3)C23CC[C@H]1O3. The summed E-state index contributed by atoms with van der Waals surface area (Å²) in [4.78, 5) is 43.9. The summed E-state index contributed by atoms with van der Waals surface area (Å²) in [6.45, 7) is 8.26. The predicted molar refractivity (Wildman–Crippen MR) is 131 cm³/mol. The number of unbranched alkanes of at least 4 members (excludes halogenated alkanes) is 1. The Hall–Kier alpha value is -2.65. The average Bonchev–Trinajstić information content (AvgIpc) is 3.49. The third-order valence-corrected chi connectivity index (χ3v) is 7.68. The lowest BCUT2D eigenvalue weighted by Gasteiger charge is -2.33. The highest BCUT2D eigenvalue weighted by Gasteiger charge is 2.74. The lowest BCUT2D eigenvalue weighted by atomic mass is 9.71. The molecule has 1 spiro atoms. The fraction of sp³-hybridized carbons (Fsp3) is 0.654. The number of carbonyl (C=O) groups excluding carboxylic acids is 3. The first-order chi connectivity index (χ1) is 16.9. The van der Waals surface area contributed by atoms with Crippen molar-refractivity contribution in [2.24, 2.45) is 11.8 Å². The Morgan fingerprint density at radius 2 is 1.91 bits per heavy atom. The molecule has 3 aliphatic rings. The van der Waals surface area contributed by atoms with Crippen molar-refractivity contribution in [1.82, 2.24) is 4.90 Å². The van der Waals surface area contributed by atoms with Gasteiger partial charge < -0.3 is 29.7 Å². The minimum atomic E-state index is -1.04. The van der Waals surface area contributed by atoms with Gasteiger partial charge in [-0.1, -0.05) is 0 Å². The first kappa shape index (κ1) is 25.4. The molecule has 35 heavy (non-hydrogen) atoms. The Bertz CT molecular complexity index is 934. The summed E-state index contributed by atoms with van der Waals surface area (Å²) in [5.74, 6) is -2.40. The highest BCUT2D eigenvalue weighted by Crippen LogP contribution is 2.58.